The number of hydrogen-bond acceptors (Lipinski definition) is 5. The maximum absolute atomic E-state index is 12.7. The summed E-state index contributed by atoms with van der Waals surface area (Å²) in [5.74, 6) is -0.966. The van der Waals surface area contributed by atoms with Crippen molar-refractivity contribution < 1.29 is 22.7 Å². The largest absolute Gasteiger partial charge is 0.464 e. The summed E-state index contributed by atoms with van der Waals surface area (Å²) >= 11 is 0. The monoisotopic (exact) mass is 297 g/mol. The molecule has 0 bridgehead atoms. The van der Waals surface area contributed by atoms with Crippen LogP contribution in [0.25, 0.3) is 11.3 Å². The predicted molar refractivity (Wildman–Crippen MR) is 68.2 cm³/mol. The standard InChI is InChI=1S/C13H10F3N3O2/c1-21-12(20)10-11(17)18-6-9(19-10)7-3-2-4-8(5-7)13(14,15)16/h2-6H,1H3,(H2,17,18). The van der Waals surface area contributed by atoms with Crippen LogP contribution in [0.5, 0.6) is 0 Å². The molecule has 5 nitrogen and oxygen atoms in total. The summed E-state index contributed by atoms with van der Waals surface area (Å²) in [5.41, 5.74) is 4.69. The van der Waals surface area contributed by atoms with Gasteiger partial charge in [-0.1, -0.05) is 12.1 Å². The average molecular weight is 297 g/mol. The van der Waals surface area contributed by atoms with Crippen LogP contribution in [0.3, 0.4) is 0 Å². The van der Waals surface area contributed by atoms with Crippen molar-refractivity contribution in [3.63, 3.8) is 0 Å². The molecule has 1 aromatic carbocycles. The molecule has 1 heterocycles. The summed E-state index contributed by atoms with van der Waals surface area (Å²) in [4.78, 5) is 19.1. The summed E-state index contributed by atoms with van der Waals surface area (Å²) in [5, 5.41) is 0. The van der Waals surface area contributed by atoms with Crippen molar-refractivity contribution in [3.05, 3.63) is 41.7 Å². The topological polar surface area (TPSA) is 78.1 Å². The lowest BCUT2D eigenvalue weighted by Gasteiger charge is -2.09. The lowest BCUT2D eigenvalue weighted by atomic mass is 10.1. The number of alkyl halides is 3. The van der Waals surface area contributed by atoms with Crippen molar-refractivity contribution >= 4 is 11.8 Å². The van der Waals surface area contributed by atoms with Crippen LogP contribution in [-0.2, 0) is 10.9 Å². The molecule has 8 heteroatoms. The van der Waals surface area contributed by atoms with E-state index in [0.29, 0.717) is 0 Å². The van der Waals surface area contributed by atoms with Crippen molar-refractivity contribution in [3.8, 4) is 11.3 Å². The van der Waals surface area contributed by atoms with E-state index in [1.54, 1.807) is 0 Å². The number of nitrogens with zero attached hydrogens (tertiary/aromatic N) is 2. The van der Waals surface area contributed by atoms with Crippen LogP contribution in [0, 0.1) is 0 Å². The van der Waals surface area contributed by atoms with Gasteiger partial charge in [0.05, 0.1) is 24.6 Å². The molecule has 2 N–H and O–H groups in total. The van der Waals surface area contributed by atoms with Gasteiger partial charge in [-0.15, -0.1) is 0 Å². The minimum Gasteiger partial charge on any atom is -0.464 e. The molecule has 110 valence electrons. The average Bonchev–Trinajstić information content (AvgIpc) is 2.46. The first-order chi connectivity index (χ1) is 9.82. The van der Waals surface area contributed by atoms with E-state index >= 15 is 0 Å². The highest BCUT2D eigenvalue weighted by atomic mass is 19.4. The Kier molecular flexibility index (Phi) is 3.79. The highest BCUT2D eigenvalue weighted by Crippen LogP contribution is 2.31. The van der Waals surface area contributed by atoms with E-state index in [-0.39, 0.29) is 22.8 Å². The number of hydrogen-bond donors (Lipinski definition) is 1. The maximum Gasteiger partial charge on any atom is 0.416 e. The lowest BCUT2D eigenvalue weighted by molar-refractivity contribution is -0.137. The van der Waals surface area contributed by atoms with Crippen LogP contribution in [-0.4, -0.2) is 23.0 Å². The number of nitrogens with two attached hydrogens (primary N) is 1. The Morgan fingerprint density at radius 2 is 2.05 bits per heavy atom. The van der Waals surface area contributed by atoms with Gasteiger partial charge in [0.15, 0.2) is 11.5 Å². The molecule has 0 aliphatic carbocycles. The predicted octanol–water partition coefficient (Wildman–Crippen LogP) is 2.53. The fourth-order valence-electron chi connectivity index (χ4n) is 1.64. The molecule has 0 aliphatic heterocycles. The van der Waals surface area contributed by atoms with Gasteiger partial charge in [0.25, 0.3) is 0 Å². The van der Waals surface area contributed by atoms with Crippen LogP contribution in [0.4, 0.5) is 19.0 Å². The van der Waals surface area contributed by atoms with E-state index < -0.39 is 17.7 Å². The van der Waals surface area contributed by atoms with E-state index in [4.69, 9.17) is 5.73 Å². The molecule has 21 heavy (non-hydrogen) atoms. The van der Waals surface area contributed by atoms with Crippen LogP contribution in [0.1, 0.15) is 16.1 Å². The summed E-state index contributed by atoms with van der Waals surface area (Å²) in [6.07, 6.45) is -3.28. The zero-order valence-corrected chi connectivity index (χ0v) is 10.8. The van der Waals surface area contributed by atoms with Crippen molar-refractivity contribution in [2.45, 2.75) is 6.18 Å². The van der Waals surface area contributed by atoms with E-state index in [9.17, 15) is 18.0 Å². The Hall–Kier alpha value is -2.64. The molecule has 2 aromatic rings. The van der Waals surface area contributed by atoms with Crippen LogP contribution < -0.4 is 5.73 Å². The molecule has 0 unspecified atom stereocenters. The summed E-state index contributed by atoms with van der Waals surface area (Å²) in [6, 6.07) is 4.53. The highest BCUT2D eigenvalue weighted by molar-refractivity contribution is 5.92. The highest BCUT2D eigenvalue weighted by Gasteiger charge is 2.30. The number of esters is 1. The molecule has 0 spiro atoms. The zero-order valence-electron chi connectivity index (χ0n) is 10.8. The normalized spacial score (nSPS) is 11.2. The third kappa shape index (κ3) is 3.10. The number of aromatic nitrogens is 2. The van der Waals surface area contributed by atoms with Crippen molar-refractivity contribution in [1.29, 1.82) is 0 Å². The summed E-state index contributed by atoms with van der Waals surface area (Å²) in [6.45, 7) is 0. The van der Waals surface area contributed by atoms with Gasteiger partial charge in [-0.05, 0) is 12.1 Å². The number of nitrogen functional groups attached to an aromatic ring is 1. The van der Waals surface area contributed by atoms with Crippen molar-refractivity contribution in [2.75, 3.05) is 12.8 Å². The number of anilines is 1. The molecule has 0 saturated carbocycles. The van der Waals surface area contributed by atoms with Gasteiger partial charge in [-0.3, -0.25) is 0 Å². The quantitative estimate of drug-likeness (QED) is 0.862. The minimum absolute atomic E-state index is 0.0932. The number of halogens is 3. The first-order valence-corrected chi connectivity index (χ1v) is 5.71. The number of carbonyl (C=O) groups excluding carboxylic acids is 1. The van der Waals surface area contributed by atoms with Crippen LogP contribution in [0.15, 0.2) is 30.5 Å². The molecular weight excluding hydrogens is 287 g/mol. The second kappa shape index (κ2) is 5.39. The molecule has 0 atom stereocenters. The summed E-state index contributed by atoms with van der Waals surface area (Å²) in [7, 11) is 1.14. The number of ether oxygens (including phenoxy) is 1. The molecule has 0 radical (unpaired) electrons. The second-order valence-corrected chi connectivity index (χ2v) is 4.06. The smallest absolute Gasteiger partial charge is 0.416 e. The third-order valence-electron chi connectivity index (χ3n) is 2.67. The number of benzene rings is 1. The van der Waals surface area contributed by atoms with Crippen LogP contribution in [0.2, 0.25) is 0 Å². The van der Waals surface area contributed by atoms with Gasteiger partial charge in [0, 0.05) is 5.56 Å². The lowest BCUT2D eigenvalue weighted by Crippen LogP contribution is -2.11. The molecule has 2 rings (SSSR count). The van der Waals surface area contributed by atoms with E-state index in [0.717, 1.165) is 19.2 Å². The SMILES string of the molecule is COC(=O)c1nc(-c2cccc(C(F)(F)F)c2)cnc1N. The van der Waals surface area contributed by atoms with Crippen molar-refractivity contribution in [1.82, 2.24) is 9.97 Å². The molecule has 0 saturated heterocycles. The van der Waals surface area contributed by atoms with Gasteiger partial charge in [-0.2, -0.15) is 13.2 Å². The molecule has 0 fully saturated rings. The number of carbonyl (C=O) groups is 1. The second-order valence-electron chi connectivity index (χ2n) is 4.06. The Morgan fingerprint density at radius 1 is 1.33 bits per heavy atom. The minimum atomic E-state index is -4.47. The third-order valence-corrected chi connectivity index (χ3v) is 2.67. The van der Waals surface area contributed by atoms with Gasteiger partial charge in [0.1, 0.15) is 0 Å². The first kappa shape index (κ1) is 14.8. The van der Waals surface area contributed by atoms with Gasteiger partial charge >= 0.3 is 12.1 Å². The zero-order chi connectivity index (χ0) is 15.6. The van der Waals surface area contributed by atoms with Crippen molar-refractivity contribution in [2.24, 2.45) is 0 Å². The van der Waals surface area contributed by atoms with E-state index in [1.165, 1.54) is 18.3 Å². The maximum atomic E-state index is 12.7. The molecule has 0 aliphatic rings. The van der Waals surface area contributed by atoms with E-state index in [2.05, 4.69) is 14.7 Å². The van der Waals surface area contributed by atoms with Gasteiger partial charge < -0.3 is 10.5 Å². The Labute approximate surface area is 117 Å². The molecule has 0 amide bonds. The van der Waals surface area contributed by atoms with Gasteiger partial charge in [0.2, 0.25) is 0 Å². The number of methoxy groups -OCH3 is 1. The Balaban J connectivity index is 2.50. The van der Waals surface area contributed by atoms with Gasteiger partial charge in [-0.25, -0.2) is 14.8 Å². The number of rotatable bonds is 2. The first-order valence-electron chi connectivity index (χ1n) is 5.71. The molecule has 1 aromatic heterocycles. The fourth-order valence-corrected chi connectivity index (χ4v) is 1.64. The fraction of sp³-hybridized carbons (Fsp3) is 0.154. The Morgan fingerprint density at radius 3 is 2.67 bits per heavy atom. The van der Waals surface area contributed by atoms with Crippen LogP contribution >= 0.6 is 0 Å². The Bertz CT molecular complexity index is 687. The molecular formula is C13H10F3N3O2. The summed E-state index contributed by atoms with van der Waals surface area (Å²) < 4.78 is 42.5. The van der Waals surface area contributed by atoms with E-state index in [1.807, 2.05) is 0 Å².